The summed E-state index contributed by atoms with van der Waals surface area (Å²) in [4.78, 5) is 0. The molecule has 0 aromatic rings. The number of hydrogen-bond donors (Lipinski definition) is 1. The molecule has 0 saturated carbocycles. The number of aliphatic hydroxyl groups is 1. The Kier molecular flexibility index (Phi) is 1080. The van der Waals surface area contributed by atoms with Crippen molar-refractivity contribution in [3.63, 3.8) is 0 Å². The molecule has 5 nitrogen and oxygen atoms in total. The molecule has 5 N–H and O–H groups in total. The van der Waals surface area contributed by atoms with Crippen LogP contribution in [0, 0.1) is 0 Å². The van der Waals surface area contributed by atoms with E-state index in [2.05, 4.69) is 0 Å². The van der Waals surface area contributed by atoms with Crippen LogP contribution in [0.15, 0.2) is 0 Å². The minimum atomic E-state index is 0. The van der Waals surface area contributed by atoms with E-state index in [4.69, 9.17) is 5.11 Å². The predicted molar refractivity (Wildman–Crippen MR) is 20.5 cm³/mol. The maximum absolute atomic E-state index is 7.57. The summed E-state index contributed by atoms with van der Waals surface area (Å²) in [5.74, 6) is 0. The first-order chi connectivity index (χ1) is 1.41. The van der Waals surface area contributed by atoms with E-state index in [-0.39, 0.29) is 54.7 Å². The van der Waals surface area contributed by atoms with Crippen molar-refractivity contribution in [3.8, 4) is 0 Å². The largest absolute Gasteiger partial charge is 4.00 e. The topological polar surface area (TPSA) is 140 Å². The fourth-order valence-corrected chi connectivity index (χ4v) is 0. The average Bonchev–Trinajstić information content (AvgIpc) is 0.918. The van der Waals surface area contributed by atoms with Crippen LogP contribution < -0.4 is 0 Å². The number of aliphatic hydroxyl groups excluding tert-OH is 1. The first kappa shape index (κ1) is 71.2. The third-order valence-electron chi connectivity index (χ3n) is 0. The van der Waals surface area contributed by atoms with Gasteiger partial charge in [-0.1, -0.05) is 0 Å². The van der Waals surface area contributed by atoms with E-state index in [1.54, 1.807) is 6.92 Å². The van der Waals surface area contributed by atoms with Crippen LogP contribution >= 0.6 is 0 Å². The molecule has 6 heteroatoms. The maximum atomic E-state index is 7.57. The van der Waals surface area contributed by atoms with Crippen molar-refractivity contribution in [1.82, 2.24) is 0 Å². The zero-order valence-electron chi connectivity index (χ0n) is 4.44. The van der Waals surface area contributed by atoms with E-state index in [0.29, 0.717) is 0 Å². The number of hydrogen-bond acceptors (Lipinski definition) is 5. The van der Waals surface area contributed by atoms with Crippen LogP contribution in [0.4, 0.5) is 0 Å². The van der Waals surface area contributed by atoms with Crippen LogP contribution in [0.3, 0.4) is 0 Å². The summed E-state index contributed by atoms with van der Waals surface area (Å²) in [6.07, 6.45) is 0. The zero-order valence-corrected chi connectivity index (χ0v) is 6.90. The summed E-state index contributed by atoms with van der Waals surface area (Å²) >= 11 is 0. The van der Waals surface area contributed by atoms with E-state index in [0.717, 1.165) is 0 Å². The molecular formula is C2H10O5Zr. The molecule has 0 aromatic heterocycles. The van der Waals surface area contributed by atoms with Gasteiger partial charge >= 0.3 is 26.2 Å². The van der Waals surface area contributed by atoms with Gasteiger partial charge in [0, 0.05) is 6.61 Å². The minimum Gasteiger partial charge on any atom is -0.870 e. The van der Waals surface area contributed by atoms with Crippen molar-refractivity contribution in [1.29, 1.82) is 0 Å². The van der Waals surface area contributed by atoms with E-state index in [9.17, 15) is 0 Å². The molecule has 0 fully saturated rings. The maximum Gasteiger partial charge on any atom is 4.00 e. The quantitative estimate of drug-likeness (QED) is 0.556. The van der Waals surface area contributed by atoms with Gasteiger partial charge in [0.25, 0.3) is 0 Å². The fraction of sp³-hybridized carbons (Fsp3) is 1.00. The summed E-state index contributed by atoms with van der Waals surface area (Å²) < 4.78 is 0. The molecule has 0 aliphatic carbocycles. The third-order valence-corrected chi connectivity index (χ3v) is 0. The molecule has 0 saturated heterocycles. The van der Waals surface area contributed by atoms with Crippen LogP contribution in [0.2, 0.25) is 0 Å². The molecular weight excluding hydrogens is 195 g/mol. The monoisotopic (exact) mass is 204 g/mol. The van der Waals surface area contributed by atoms with Gasteiger partial charge in [0.2, 0.25) is 0 Å². The van der Waals surface area contributed by atoms with Gasteiger partial charge in [0.15, 0.2) is 0 Å². The van der Waals surface area contributed by atoms with Crippen molar-refractivity contribution in [2.24, 2.45) is 0 Å². The van der Waals surface area contributed by atoms with Crippen molar-refractivity contribution < 1.29 is 53.2 Å². The second-order valence-corrected chi connectivity index (χ2v) is 0.316. The van der Waals surface area contributed by atoms with Gasteiger partial charge in [-0.2, -0.15) is 0 Å². The normalized spacial score (nSPS) is 2.25. The molecule has 0 radical (unpaired) electrons. The minimum absolute atomic E-state index is 0. The molecule has 0 aromatic carbocycles. The van der Waals surface area contributed by atoms with E-state index < -0.39 is 0 Å². The summed E-state index contributed by atoms with van der Waals surface area (Å²) in [5.41, 5.74) is 0. The van der Waals surface area contributed by atoms with Crippen LogP contribution in [0.25, 0.3) is 0 Å². The van der Waals surface area contributed by atoms with Crippen molar-refractivity contribution in [2.45, 2.75) is 6.92 Å². The van der Waals surface area contributed by atoms with Gasteiger partial charge in [-0.05, 0) is 6.92 Å². The van der Waals surface area contributed by atoms with Gasteiger partial charge in [0.05, 0.1) is 0 Å². The first-order valence-corrected chi connectivity index (χ1v) is 1.02. The Morgan fingerprint density at radius 2 is 1.00 bits per heavy atom. The fourth-order valence-electron chi connectivity index (χ4n) is 0. The molecule has 0 atom stereocenters. The Morgan fingerprint density at radius 3 is 1.00 bits per heavy atom. The molecule has 52 valence electrons. The van der Waals surface area contributed by atoms with Crippen LogP contribution in [0.5, 0.6) is 0 Å². The van der Waals surface area contributed by atoms with Crippen LogP contribution in [0.1, 0.15) is 6.92 Å². The van der Waals surface area contributed by atoms with Gasteiger partial charge < -0.3 is 27.0 Å². The van der Waals surface area contributed by atoms with Gasteiger partial charge in [-0.3, -0.25) is 0 Å². The van der Waals surface area contributed by atoms with E-state index >= 15 is 0 Å². The molecule has 0 spiro atoms. The molecule has 0 amide bonds. The third kappa shape index (κ3) is 463. The van der Waals surface area contributed by atoms with Crippen molar-refractivity contribution >= 4 is 0 Å². The molecule has 0 aliphatic heterocycles. The van der Waals surface area contributed by atoms with Crippen LogP contribution in [-0.2, 0) is 26.2 Å². The second-order valence-electron chi connectivity index (χ2n) is 0.316. The van der Waals surface area contributed by atoms with Crippen molar-refractivity contribution in [2.75, 3.05) is 6.61 Å². The van der Waals surface area contributed by atoms with Gasteiger partial charge in [-0.15, -0.1) is 0 Å². The molecule has 0 aliphatic rings. The zero-order chi connectivity index (χ0) is 2.71. The molecule has 8 heavy (non-hydrogen) atoms. The summed E-state index contributed by atoms with van der Waals surface area (Å²) in [6.45, 7) is 1.93. The molecule has 0 bridgehead atoms. The summed E-state index contributed by atoms with van der Waals surface area (Å²) in [5, 5.41) is 7.57. The molecule has 0 heterocycles. The smallest absolute Gasteiger partial charge is 0.870 e. The predicted octanol–water partition coefficient (Wildman–Crippen LogP) is -0.711. The van der Waals surface area contributed by atoms with Gasteiger partial charge in [-0.25, -0.2) is 0 Å². The Hall–Kier alpha value is 0.683. The number of rotatable bonds is 0. The summed E-state index contributed by atoms with van der Waals surface area (Å²) in [7, 11) is 0. The Bertz CT molecular complexity index is 10.4. The van der Waals surface area contributed by atoms with Crippen molar-refractivity contribution in [3.05, 3.63) is 0 Å². The Balaban J connectivity index is -0.00000000200. The molecule has 0 unspecified atom stereocenters. The first-order valence-electron chi connectivity index (χ1n) is 1.02. The van der Waals surface area contributed by atoms with Crippen LogP contribution in [-0.4, -0.2) is 33.6 Å². The average molecular weight is 205 g/mol. The SMILES string of the molecule is CCO.[OH-].[OH-].[OH-].[OH-].[Zr+4]. The van der Waals surface area contributed by atoms with Gasteiger partial charge in [0.1, 0.15) is 0 Å². The van der Waals surface area contributed by atoms with E-state index in [1.165, 1.54) is 0 Å². The Morgan fingerprint density at radius 1 is 1.00 bits per heavy atom. The second kappa shape index (κ2) is 121. The van der Waals surface area contributed by atoms with E-state index in [1.807, 2.05) is 0 Å². The standard InChI is InChI=1S/C2H6O.4H2O.Zr/c1-2-3;;;;;/h3H,2H2,1H3;4*1H2;/q;;;;;+4/p-4. The Labute approximate surface area is 67.1 Å². The summed E-state index contributed by atoms with van der Waals surface area (Å²) in [6, 6.07) is 0. The molecule has 0 rings (SSSR count).